The molecule has 0 radical (unpaired) electrons. The number of nitrogens with one attached hydrogen (secondary N) is 1. The highest BCUT2D eigenvalue weighted by atomic mass is 16.1. The first-order chi connectivity index (χ1) is 7.24. The van der Waals surface area contributed by atoms with E-state index in [0.29, 0.717) is 18.0 Å². The molecule has 0 aromatic carbocycles. The Hall–Kier alpha value is -0.610. The number of hydrogen-bond acceptors (Lipinski definition) is 3. The molecule has 0 saturated carbocycles. The number of likely N-dealkylation sites (tertiary alicyclic amines) is 1. The lowest BCUT2D eigenvalue weighted by Gasteiger charge is -2.42. The second-order valence-corrected chi connectivity index (χ2v) is 5.74. The summed E-state index contributed by atoms with van der Waals surface area (Å²) >= 11 is 0. The fraction of sp³-hybridized carbons (Fsp3) is 0.917. The first kappa shape index (κ1) is 13.5. The Labute approximate surface area is 98.6 Å². The molecule has 16 heavy (non-hydrogen) atoms. The van der Waals surface area contributed by atoms with Crippen LogP contribution in [0.15, 0.2) is 0 Å². The Morgan fingerprint density at radius 1 is 1.44 bits per heavy atom. The molecule has 1 amide bonds. The Morgan fingerprint density at radius 3 is 2.50 bits per heavy atom. The summed E-state index contributed by atoms with van der Waals surface area (Å²) in [7, 11) is 2.15. The van der Waals surface area contributed by atoms with Crippen LogP contribution in [0, 0.1) is 5.92 Å². The summed E-state index contributed by atoms with van der Waals surface area (Å²) in [5, 5.41) is 3.39. The predicted molar refractivity (Wildman–Crippen MR) is 66.1 cm³/mol. The third kappa shape index (κ3) is 2.95. The fourth-order valence-corrected chi connectivity index (χ4v) is 2.28. The van der Waals surface area contributed by atoms with Gasteiger partial charge in [0.05, 0.1) is 5.54 Å². The second kappa shape index (κ2) is 4.72. The molecule has 1 saturated heterocycles. The predicted octanol–water partition coefficient (Wildman–Crippen LogP) is 0.569. The zero-order chi connectivity index (χ0) is 12.5. The molecule has 1 rings (SSSR count). The number of carbonyl (C=O) groups is 1. The van der Waals surface area contributed by atoms with Gasteiger partial charge in [0.25, 0.3) is 0 Å². The van der Waals surface area contributed by atoms with Gasteiger partial charge in [-0.3, -0.25) is 4.79 Å². The first-order valence-corrected chi connectivity index (χ1v) is 6.02. The minimum atomic E-state index is -0.617. The van der Waals surface area contributed by atoms with Gasteiger partial charge in [0, 0.05) is 18.6 Å². The third-order valence-corrected chi connectivity index (χ3v) is 3.77. The number of carbonyl (C=O) groups excluding carboxylic acids is 1. The number of amides is 1. The van der Waals surface area contributed by atoms with E-state index in [4.69, 9.17) is 5.73 Å². The maximum atomic E-state index is 11.3. The SMILES string of the molecule is CC1CN(C)C(C)CC1NC(C)(C)C(N)=O. The van der Waals surface area contributed by atoms with Crippen LogP contribution in [0.2, 0.25) is 0 Å². The summed E-state index contributed by atoms with van der Waals surface area (Å²) in [6.45, 7) is 9.21. The van der Waals surface area contributed by atoms with Crippen molar-refractivity contribution < 1.29 is 4.79 Å². The Kier molecular flexibility index (Phi) is 3.97. The number of nitrogens with zero attached hydrogens (tertiary/aromatic N) is 1. The van der Waals surface area contributed by atoms with Gasteiger partial charge in [-0.25, -0.2) is 0 Å². The van der Waals surface area contributed by atoms with Crippen molar-refractivity contribution in [1.82, 2.24) is 10.2 Å². The zero-order valence-corrected chi connectivity index (χ0v) is 11.1. The maximum Gasteiger partial charge on any atom is 0.237 e. The van der Waals surface area contributed by atoms with Gasteiger partial charge >= 0.3 is 0 Å². The molecule has 1 aliphatic heterocycles. The topological polar surface area (TPSA) is 58.4 Å². The molecule has 0 spiro atoms. The molecule has 94 valence electrons. The highest BCUT2D eigenvalue weighted by molar-refractivity contribution is 5.83. The molecule has 3 atom stereocenters. The van der Waals surface area contributed by atoms with E-state index in [1.54, 1.807) is 0 Å². The molecule has 0 bridgehead atoms. The standard InChI is InChI=1S/C12H25N3O/c1-8-7-15(5)9(2)6-10(8)14-12(3,4)11(13)16/h8-10,14H,6-7H2,1-5H3,(H2,13,16). The summed E-state index contributed by atoms with van der Waals surface area (Å²) in [6, 6.07) is 0.922. The van der Waals surface area contributed by atoms with Crippen molar-refractivity contribution in [3.8, 4) is 0 Å². The molecule has 4 heteroatoms. The van der Waals surface area contributed by atoms with Gasteiger partial charge in [-0.1, -0.05) is 6.92 Å². The quantitative estimate of drug-likeness (QED) is 0.741. The Bertz CT molecular complexity index is 265. The van der Waals surface area contributed by atoms with Gasteiger partial charge < -0.3 is 16.0 Å². The minimum Gasteiger partial charge on any atom is -0.368 e. The number of rotatable bonds is 3. The maximum absolute atomic E-state index is 11.3. The Morgan fingerprint density at radius 2 is 2.00 bits per heavy atom. The fourth-order valence-electron chi connectivity index (χ4n) is 2.28. The molecule has 1 heterocycles. The lowest BCUT2D eigenvalue weighted by atomic mass is 9.87. The van der Waals surface area contributed by atoms with Gasteiger partial charge in [0.1, 0.15) is 0 Å². The molecule has 3 unspecified atom stereocenters. The van der Waals surface area contributed by atoms with Crippen LogP contribution in [0.25, 0.3) is 0 Å². The summed E-state index contributed by atoms with van der Waals surface area (Å²) < 4.78 is 0. The lowest BCUT2D eigenvalue weighted by molar-refractivity contribution is -0.123. The molecular weight excluding hydrogens is 202 g/mol. The molecule has 0 aromatic heterocycles. The van der Waals surface area contributed by atoms with Crippen molar-refractivity contribution in [3.05, 3.63) is 0 Å². The minimum absolute atomic E-state index is 0.286. The number of hydrogen-bond donors (Lipinski definition) is 2. The van der Waals surface area contributed by atoms with Crippen LogP contribution < -0.4 is 11.1 Å². The van der Waals surface area contributed by atoms with Crippen molar-refractivity contribution in [2.45, 2.75) is 51.7 Å². The van der Waals surface area contributed by atoms with E-state index >= 15 is 0 Å². The van der Waals surface area contributed by atoms with Gasteiger partial charge in [-0.05, 0) is 40.2 Å². The monoisotopic (exact) mass is 227 g/mol. The number of piperidine rings is 1. The van der Waals surface area contributed by atoms with Crippen molar-refractivity contribution in [3.63, 3.8) is 0 Å². The Balaban J connectivity index is 2.64. The van der Waals surface area contributed by atoms with Gasteiger partial charge in [0.15, 0.2) is 0 Å². The highest BCUT2D eigenvalue weighted by Gasteiger charge is 2.34. The smallest absolute Gasteiger partial charge is 0.237 e. The van der Waals surface area contributed by atoms with Crippen molar-refractivity contribution >= 4 is 5.91 Å². The average molecular weight is 227 g/mol. The van der Waals surface area contributed by atoms with Gasteiger partial charge in [0.2, 0.25) is 5.91 Å². The molecular formula is C12H25N3O. The van der Waals surface area contributed by atoms with Crippen LogP contribution in [0.1, 0.15) is 34.1 Å². The lowest BCUT2D eigenvalue weighted by Crippen LogP contribution is -2.60. The molecule has 4 nitrogen and oxygen atoms in total. The zero-order valence-electron chi connectivity index (χ0n) is 11.1. The van der Waals surface area contributed by atoms with Crippen LogP contribution in [0.5, 0.6) is 0 Å². The van der Waals surface area contributed by atoms with Crippen LogP contribution in [-0.4, -0.2) is 42.0 Å². The number of primary amides is 1. The largest absolute Gasteiger partial charge is 0.368 e. The van der Waals surface area contributed by atoms with E-state index in [1.807, 2.05) is 13.8 Å². The van der Waals surface area contributed by atoms with Gasteiger partial charge in [-0.2, -0.15) is 0 Å². The van der Waals surface area contributed by atoms with E-state index in [9.17, 15) is 4.79 Å². The molecule has 0 aromatic rings. The van der Waals surface area contributed by atoms with Crippen LogP contribution in [-0.2, 0) is 4.79 Å². The first-order valence-electron chi connectivity index (χ1n) is 6.02. The molecule has 1 fully saturated rings. The van der Waals surface area contributed by atoms with E-state index < -0.39 is 5.54 Å². The molecule has 0 aliphatic carbocycles. The second-order valence-electron chi connectivity index (χ2n) is 5.74. The van der Waals surface area contributed by atoms with E-state index in [-0.39, 0.29) is 5.91 Å². The van der Waals surface area contributed by atoms with Gasteiger partial charge in [-0.15, -0.1) is 0 Å². The summed E-state index contributed by atoms with van der Waals surface area (Å²) in [4.78, 5) is 13.7. The average Bonchev–Trinajstić information content (AvgIpc) is 2.13. The summed E-state index contributed by atoms with van der Waals surface area (Å²) in [5.74, 6) is 0.256. The van der Waals surface area contributed by atoms with Crippen LogP contribution >= 0.6 is 0 Å². The molecule has 1 aliphatic rings. The number of nitrogens with two attached hydrogens (primary N) is 1. The van der Waals surface area contributed by atoms with Crippen molar-refractivity contribution in [2.24, 2.45) is 11.7 Å². The normalized spacial score (nSPS) is 32.7. The van der Waals surface area contributed by atoms with E-state index in [1.165, 1.54) is 0 Å². The van der Waals surface area contributed by atoms with Crippen LogP contribution in [0.3, 0.4) is 0 Å². The summed E-state index contributed by atoms with van der Waals surface area (Å²) in [5.41, 5.74) is 4.77. The van der Waals surface area contributed by atoms with Crippen LogP contribution in [0.4, 0.5) is 0 Å². The molecule has 3 N–H and O–H groups in total. The highest BCUT2D eigenvalue weighted by Crippen LogP contribution is 2.22. The van der Waals surface area contributed by atoms with Crippen molar-refractivity contribution in [1.29, 1.82) is 0 Å². The van der Waals surface area contributed by atoms with Crippen molar-refractivity contribution in [2.75, 3.05) is 13.6 Å². The third-order valence-electron chi connectivity index (χ3n) is 3.77. The summed E-state index contributed by atoms with van der Waals surface area (Å²) in [6.07, 6.45) is 1.06. The van der Waals surface area contributed by atoms with E-state index in [2.05, 4.69) is 31.1 Å². The van der Waals surface area contributed by atoms with E-state index in [0.717, 1.165) is 13.0 Å².